The van der Waals surface area contributed by atoms with Crippen molar-refractivity contribution in [1.29, 1.82) is 0 Å². The molecule has 88 valence electrons. The summed E-state index contributed by atoms with van der Waals surface area (Å²) in [5.41, 5.74) is 0.797. The minimum Gasteiger partial charge on any atom is -0.293 e. The number of thiophene rings is 1. The first kappa shape index (κ1) is 12.5. The lowest BCUT2D eigenvalue weighted by Crippen LogP contribution is -1.90. The molecule has 0 amide bonds. The third-order valence-electron chi connectivity index (χ3n) is 2.41. The van der Waals surface area contributed by atoms with Gasteiger partial charge in [0.15, 0.2) is 5.78 Å². The zero-order chi connectivity index (χ0) is 12.4. The molecule has 1 heterocycles. The molecule has 0 radical (unpaired) electrons. The van der Waals surface area contributed by atoms with Crippen molar-refractivity contribution in [3.8, 4) is 10.4 Å². The number of rotatable bonds is 3. The van der Waals surface area contributed by atoms with Crippen LogP contribution in [-0.2, 0) is 0 Å². The molecule has 17 heavy (non-hydrogen) atoms. The molecule has 0 aliphatic rings. The SMILES string of the molecule is CCC(=O)c1ccc(-c2ccc(Br)c(F)c2)s1. The summed E-state index contributed by atoms with van der Waals surface area (Å²) in [6, 6.07) is 8.63. The van der Waals surface area contributed by atoms with E-state index in [4.69, 9.17) is 0 Å². The van der Waals surface area contributed by atoms with Crippen molar-refractivity contribution in [3.63, 3.8) is 0 Å². The van der Waals surface area contributed by atoms with E-state index in [1.165, 1.54) is 17.4 Å². The van der Waals surface area contributed by atoms with E-state index in [0.717, 1.165) is 15.3 Å². The third-order valence-corrected chi connectivity index (χ3v) is 4.22. The van der Waals surface area contributed by atoms with Gasteiger partial charge in [-0.3, -0.25) is 4.79 Å². The predicted molar refractivity (Wildman–Crippen MR) is 72.0 cm³/mol. The van der Waals surface area contributed by atoms with Crippen LogP contribution in [-0.4, -0.2) is 5.78 Å². The first-order valence-electron chi connectivity index (χ1n) is 5.20. The summed E-state index contributed by atoms with van der Waals surface area (Å²) in [5, 5.41) is 0. The molecule has 1 aromatic heterocycles. The van der Waals surface area contributed by atoms with Crippen LogP contribution in [0.15, 0.2) is 34.8 Å². The van der Waals surface area contributed by atoms with Crippen LogP contribution in [0.4, 0.5) is 4.39 Å². The van der Waals surface area contributed by atoms with Gasteiger partial charge in [0, 0.05) is 11.3 Å². The van der Waals surface area contributed by atoms with Gasteiger partial charge >= 0.3 is 0 Å². The summed E-state index contributed by atoms with van der Waals surface area (Å²) in [5.74, 6) is -0.168. The van der Waals surface area contributed by atoms with Gasteiger partial charge in [-0.15, -0.1) is 11.3 Å². The number of hydrogen-bond acceptors (Lipinski definition) is 2. The minimum atomic E-state index is -0.292. The standard InChI is InChI=1S/C13H10BrFOS/c1-2-11(16)13-6-5-12(17-13)8-3-4-9(14)10(15)7-8/h3-7H,2H2,1H3. The van der Waals surface area contributed by atoms with Crippen molar-refractivity contribution < 1.29 is 9.18 Å². The molecule has 2 rings (SSSR count). The summed E-state index contributed by atoms with van der Waals surface area (Å²) in [6.07, 6.45) is 0.495. The van der Waals surface area contributed by atoms with Gasteiger partial charge < -0.3 is 0 Å². The molecule has 0 spiro atoms. The van der Waals surface area contributed by atoms with E-state index in [1.54, 1.807) is 12.1 Å². The van der Waals surface area contributed by atoms with E-state index in [-0.39, 0.29) is 11.6 Å². The molecule has 4 heteroatoms. The van der Waals surface area contributed by atoms with Gasteiger partial charge in [-0.25, -0.2) is 4.39 Å². The van der Waals surface area contributed by atoms with Gasteiger partial charge in [0.2, 0.25) is 0 Å². The fourth-order valence-electron chi connectivity index (χ4n) is 1.47. The smallest absolute Gasteiger partial charge is 0.172 e. The van der Waals surface area contributed by atoms with Crippen molar-refractivity contribution in [2.24, 2.45) is 0 Å². The van der Waals surface area contributed by atoms with Crippen LogP contribution < -0.4 is 0 Å². The largest absolute Gasteiger partial charge is 0.293 e. The Kier molecular flexibility index (Phi) is 3.74. The topological polar surface area (TPSA) is 17.1 Å². The van der Waals surface area contributed by atoms with Crippen molar-refractivity contribution in [3.05, 3.63) is 45.5 Å². The molecule has 0 unspecified atom stereocenters. The maximum Gasteiger partial charge on any atom is 0.172 e. The zero-order valence-corrected chi connectivity index (χ0v) is 11.6. The van der Waals surface area contributed by atoms with E-state index < -0.39 is 0 Å². The fraction of sp³-hybridized carbons (Fsp3) is 0.154. The van der Waals surface area contributed by atoms with Crippen molar-refractivity contribution in [1.82, 2.24) is 0 Å². The van der Waals surface area contributed by atoms with Gasteiger partial charge in [0.25, 0.3) is 0 Å². The lowest BCUT2D eigenvalue weighted by molar-refractivity contribution is 0.0992. The molecule has 0 atom stereocenters. The fourth-order valence-corrected chi connectivity index (χ4v) is 2.73. The van der Waals surface area contributed by atoms with Crippen LogP contribution in [0.25, 0.3) is 10.4 Å². The van der Waals surface area contributed by atoms with Crippen LogP contribution in [0.3, 0.4) is 0 Å². The molecule has 1 nitrogen and oxygen atoms in total. The number of Topliss-reactive ketones (excluding diaryl/α,β-unsaturated/α-hetero) is 1. The van der Waals surface area contributed by atoms with Gasteiger partial charge in [0.05, 0.1) is 9.35 Å². The molecular weight excluding hydrogens is 303 g/mol. The number of halogens is 2. The maximum atomic E-state index is 13.4. The first-order valence-corrected chi connectivity index (χ1v) is 6.81. The van der Waals surface area contributed by atoms with E-state index in [9.17, 15) is 9.18 Å². The Morgan fingerprint density at radius 1 is 1.35 bits per heavy atom. The molecule has 0 aliphatic heterocycles. The molecule has 1 aromatic carbocycles. The maximum absolute atomic E-state index is 13.4. The third kappa shape index (κ3) is 2.64. The second-order valence-corrected chi connectivity index (χ2v) is 5.51. The Morgan fingerprint density at radius 3 is 2.76 bits per heavy atom. The zero-order valence-electron chi connectivity index (χ0n) is 9.17. The van der Waals surface area contributed by atoms with Gasteiger partial charge in [-0.05, 0) is 45.8 Å². The second kappa shape index (κ2) is 5.10. The summed E-state index contributed by atoms with van der Waals surface area (Å²) in [6.45, 7) is 1.83. The normalized spacial score (nSPS) is 10.5. The van der Waals surface area contributed by atoms with Crippen molar-refractivity contribution >= 4 is 33.0 Å². The van der Waals surface area contributed by atoms with Crippen LogP contribution in [0.5, 0.6) is 0 Å². The van der Waals surface area contributed by atoms with Crippen molar-refractivity contribution in [2.45, 2.75) is 13.3 Å². The van der Waals surface area contributed by atoms with Gasteiger partial charge in [0.1, 0.15) is 5.82 Å². The number of ketones is 1. The average molecular weight is 313 g/mol. The molecule has 0 bridgehead atoms. The first-order chi connectivity index (χ1) is 8.11. The molecule has 0 fully saturated rings. The quantitative estimate of drug-likeness (QED) is 0.736. The molecular formula is C13H10BrFOS. The lowest BCUT2D eigenvalue weighted by atomic mass is 10.2. The molecule has 0 saturated heterocycles. The van der Waals surface area contributed by atoms with Gasteiger partial charge in [-0.2, -0.15) is 0 Å². The highest BCUT2D eigenvalue weighted by atomic mass is 79.9. The summed E-state index contributed by atoms with van der Waals surface area (Å²) in [4.78, 5) is 13.1. The monoisotopic (exact) mass is 312 g/mol. The van der Waals surface area contributed by atoms with E-state index >= 15 is 0 Å². The predicted octanol–water partition coefficient (Wildman–Crippen LogP) is 4.91. The number of hydrogen-bond donors (Lipinski definition) is 0. The Hall–Kier alpha value is -1.00. The van der Waals surface area contributed by atoms with E-state index in [0.29, 0.717) is 10.9 Å². The lowest BCUT2D eigenvalue weighted by Gasteiger charge is -1.99. The van der Waals surface area contributed by atoms with Crippen LogP contribution in [0.1, 0.15) is 23.0 Å². The highest BCUT2D eigenvalue weighted by Crippen LogP contribution is 2.30. The van der Waals surface area contributed by atoms with Gasteiger partial charge in [-0.1, -0.05) is 13.0 Å². The Morgan fingerprint density at radius 2 is 2.12 bits per heavy atom. The van der Waals surface area contributed by atoms with Crippen LogP contribution in [0.2, 0.25) is 0 Å². The highest BCUT2D eigenvalue weighted by Gasteiger charge is 2.09. The Balaban J connectivity index is 2.37. The highest BCUT2D eigenvalue weighted by molar-refractivity contribution is 9.10. The summed E-state index contributed by atoms with van der Waals surface area (Å²) in [7, 11) is 0. The molecule has 0 aliphatic carbocycles. The van der Waals surface area contributed by atoms with Crippen LogP contribution >= 0.6 is 27.3 Å². The average Bonchev–Trinajstić information content (AvgIpc) is 2.81. The molecule has 0 N–H and O–H groups in total. The summed E-state index contributed by atoms with van der Waals surface area (Å²) >= 11 is 4.52. The second-order valence-electron chi connectivity index (χ2n) is 3.57. The number of benzene rings is 1. The number of carbonyl (C=O) groups is 1. The minimum absolute atomic E-state index is 0.124. The Labute approximate surface area is 111 Å². The van der Waals surface area contributed by atoms with E-state index in [1.807, 2.05) is 19.1 Å². The number of carbonyl (C=O) groups excluding carboxylic acids is 1. The summed E-state index contributed by atoms with van der Waals surface area (Å²) < 4.78 is 13.8. The van der Waals surface area contributed by atoms with E-state index in [2.05, 4.69) is 15.9 Å². The Bertz CT molecular complexity index is 562. The molecule has 0 saturated carbocycles. The molecule has 2 aromatic rings. The van der Waals surface area contributed by atoms with Crippen molar-refractivity contribution in [2.75, 3.05) is 0 Å². The van der Waals surface area contributed by atoms with Crippen LogP contribution in [0, 0.1) is 5.82 Å².